The lowest BCUT2D eigenvalue weighted by Crippen LogP contribution is -2.61. The SMILES string of the molecule is CC[C@H](C)[C@H](NC(=O)[C@H](CCCNC(=N)N)NC(=O)[C@H](CC(=O)O)NC(=O)CNC(=O)[C@H](CC(N)=O)NC(=O)[C@H](CCSC)NC(=O)[C@H](Cc1c[nH]c2ccccc12)NC(=O)[C@H](Cc1ccccc1)NC(=O)[C@H](Cc1ccc(O)cc1)NC(=O)[C@H](Cc1ccccc1)NC(=O)[C@@H]1CCCN1C(=O)[C@@H](N)CO)C(=O)N[C@@H](CC(=O)O)C(=O)N[C@@H](CO)C(=O)N[C@@H](CC(C)C)C(=O)O. The molecule has 1 saturated heterocycles. The van der Waals surface area contributed by atoms with Crippen molar-refractivity contribution in [3.8, 4) is 5.75 Å². The summed E-state index contributed by atoms with van der Waals surface area (Å²) in [6.07, 6.45) is -1.04. The number of fused-ring (bicyclic) bond motifs is 1. The highest BCUT2D eigenvalue weighted by molar-refractivity contribution is 7.98. The topological polar surface area (TPSA) is 718 Å². The number of guanidine groups is 1. The van der Waals surface area contributed by atoms with E-state index >= 15 is 14.4 Å². The maximum absolute atomic E-state index is 15.4. The Morgan fingerprint density at radius 3 is 1.47 bits per heavy atom. The number of nitrogens with one attached hydrogen (secondary N) is 16. The minimum absolute atomic E-state index is 0.0613. The summed E-state index contributed by atoms with van der Waals surface area (Å²) >= 11 is 1.22. The lowest BCUT2D eigenvalue weighted by atomic mass is 9.96. The Morgan fingerprint density at radius 1 is 0.504 bits per heavy atom. The number of carboxylic acid groups (broad SMARTS) is 3. The van der Waals surface area contributed by atoms with E-state index in [1.807, 2.05) is 0 Å². The summed E-state index contributed by atoms with van der Waals surface area (Å²) in [5.74, 6) is -22.7. The van der Waals surface area contributed by atoms with Crippen molar-refractivity contribution >= 4 is 135 Å². The summed E-state index contributed by atoms with van der Waals surface area (Å²) < 4.78 is 0. The Hall–Kier alpha value is -13.8. The number of aliphatic hydroxyl groups excluding tert-OH is 2. The van der Waals surface area contributed by atoms with Crippen molar-refractivity contribution in [3.05, 3.63) is 138 Å². The van der Waals surface area contributed by atoms with Crippen LogP contribution in [0.5, 0.6) is 5.75 Å². The average Bonchev–Trinajstić information content (AvgIpc) is 1.75. The third kappa shape index (κ3) is 34.9. The summed E-state index contributed by atoms with van der Waals surface area (Å²) in [5.41, 5.74) is 19.5. The van der Waals surface area contributed by atoms with Crippen molar-refractivity contribution in [1.82, 2.24) is 84.3 Å². The number of benzene rings is 4. The van der Waals surface area contributed by atoms with Gasteiger partial charge in [-0.25, -0.2) is 4.79 Å². The van der Waals surface area contributed by atoms with E-state index in [2.05, 4.69) is 79.4 Å². The van der Waals surface area contributed by atoms with Crippen molar-refractivity contribution in [1.29, 1.82) is 5.41 Å². The molecular formula is C86H118N20O24S. The van der Waals surface area contributed by atoms with Gasteiger partial charge in [0.2, 0.25) is 88.6 Å². The molecule has 28 N–H and O–H groups in total. The van der Waals surface area contributed by atoms with Gasteiger partial charge < -0.3 is 132 Å². The molecule has 131 heavy (non-hydrogen) atoms. The fourth-order valence-corrected chi connectivity index (χ4v) is 14.6. The predicted octanol–water partition coefficient (Wildman–Crippen LogP) is -4.60. The van der Waals surface area contributed by atoms with E-state index in [-0.39, 0.29) is 94.7 Å². The van der Waals surface area contributed by atoms with Gasteiger partial charge in [-0.2, -0.15) is 11.8 Å². The molecule has 4 aromatic carbocycles. The number of carbonyl (C=O) groups is 18. The molecule has 0 bridgehead atoms. The number of nitrogens with two attached hydrogens (primary N) is 3. The Kier molecular flexibility index (Phi) is 43.0. The normalized spacial score (nSPS) is 15.5. The number of aliphatic hydroxyl groups is 2. The number of phenolic OH excluding ortho intramolecular Hbond substituents is 1. The van der Waals surface area contributed by atoms with E-state index in [1.54, 1.807) is 118 Å². The van der Waals surface area contributed by atoms with Gasteiger partial charge in [-0.1, -0.05) is 125 Å². The molecule has 44 nitrogen and oxygen atoms in total. The van der Waals surface area contributed by atoms with E-state index in [1.165, 1.54) is 47.9 Å². The Morgan fingerprint density at radius 2 is 0.954 bits per heavy atom. The number of aromatic hydroxyl groups is 1. The molecule has 1 aromatic heterocycles. The van der Waals surface area contributed by atoms with E-state index in [0.717, 1.165) is 0 Å². The van der Waals surface area contributed by atoms with Gasteiger partial charge in [0.05, 0.1) is 39.0 Å². The molecule has 0 saturated carbocycles. The van der Waals surface area contributed by atoms with Crippen molar-refractivity contribution in [2.24, 2.45) is 29.0 Å². The number of aromatic nitrogens is 1. The van der Waals surface area contributed by atoms with Gasteiger partial charge in [0, 0.05) is 55.9 Å². The number of carbonyl (C=O) groups excluding carboxylic acids is 15. The molecule has 0 aliphatic carbocycles. The number of H-pyrrole nitrogens is 1. The number of thioether (sulfide) groups is 1. The van der Waals surface area contributed by atoms with Gasteiger partial charge in [0.1, 0.15) is 90.3 Å². The summed E-state index contributed by atoms with van der Waals surface area (Å²) in [6.45, 7) is 3.46. The van der Waals surface area contributed by atoms with Gasteiger partial charge >= 0.3 is 17.9 Å². The quantitative estimate of drug-likeness (QED) is 0.00989. The molecule has 5 aromatic rings. The van der Waals surface area contributed by atoms with Gasteiger partial charge in [0.15, 0.2) is 5.96 Å². The molecule has 45 heteroatoms. The second-order valence-corrected chi connectivity index (χ2v) is 32.9. The van der Waals surface area contributed by atoms with E-state index in [9.17, 15) is 103 Å². The summed E-state index contributed by atoms with van der Waals surface area (Å²) in [4.78, 5) is 254. The number of amides is 15. The third-order valence-electron chi connectivity index (χ3n) is 21.2. The molecule has 2 heterocycles. The highest BCUT2D eigenvalue weighted by atomic mass is 32.2. The molecule has 712 valence electrons. The largest absolute Gasteiger partial charge is 0.508 e. The number of para-hydroxylation sites is 1. The van der Waals surface area contributed by atoms with E-state index < -0.39 is 242 Å². The molecule has 0 spiro atoms. The zero-order chi connectivity index (χ0) is 96.7. The van der Waals surface area contributed by atoms with Gasteiger partial charge in [-0.3, -0.25) is 86.9 Å². The second-order valence-electron chi connectivity index (χ2n) is 31.9. The van der Waals surface area contributed by atoms with E-state index in [0.29, 0.717) is 39.6 Å². The zero-order valence-electron chi connectivity index (χ0n) is 73.0. The van der Waals surface area contributed by atoms with Crippen LogP contribution in [0.25, 0.3) is 10.9 Å². The first-order valence-corrected chi connectivity index (χ1v) is 43.7. The van der Waals surface area contributed by atoms with Crippen LogP contribution in [0, 0.1) is 17.2 Å². The van der Waals surface area contributed by atoms with Crippen molar-refractivity contribution in [2.75, 3.05) is 44.9 Å². The van der Waals surface area contributed by atoms with Crippen LogP contribution in [0.4, 0.5) is 0 Å². The fourth-order valence-electron chi connectivity index (χ4n) is 14.1. The molecule has 1 fully saturated rings. The van der Waals surface area contributed by atoms with Crippen LogP contribution in [0.3, 0.4) is 0 Å². The predicted molar refractivity (Wildman–Crippen MR) is 474 cm³/mol. The number of phenols is 1. The maximum Gasteiger partial charge on any atom is 0.326 e. The van der Waals surface area contributed by atoms with Crippen LogP contribution in [0.15, 0.2) is 115 Å². The van der Waals surface area contributed by atoms with E-state index in [4.69, 9.17) is 22.6 Å². The Labute approximate surface area is 757 Å². The molecule has 15 atom stereocenters. The average molecular weight is 1850 g/mol. The Bertz CT molecular complexity index is 4820. The van der Waals surface area contributed by atoms with Crippen LogP contribution in [0.2, 0.25) is 0 Å². The molecule has 0 unspecified atom stereocenters. The minimum atomic E-state index is -2.08. The first-order valence-electron chi connectivity index (χ1n) is 42.3. The Balaban J connectivity index is 1.23. The standard InChI is InChI=1S/C86H118N20O24S/c1-6-46(4)71(83(127)102-63(40-70(114)115)80(124)104-65(44-108)81(125)103-64(85(129)130)33-45(2)3)105-74(118)55(23-15-30-91-86(89)90)95-79(123)62(39-69(112)113)94-68(111)42-93-72(116)61(38-67(88)110)100-73(117)56(29-32-131-5)96-78(122)60(37-50-41-92-54-22-14-13-21-52(50)54)99-76(120)57(34-47-17-9-7-10-18-47)97-75(119)58(36-49-25-27-51(109)28-26-49)98-77(121)59(35-48-19-11-8-12-20-48)101-82(126)66-24-16-31-106(66)84(128)53(87)43-107/h7-14,17-22,25-28,41,45-46,53,55-66,71,92,107-109H,6,15-16,23-24,29-40,42-44,87H2,1-5H3,(H2,88,110)(H,93,116)(H,94,111)(H,95,123)(H,96,122)(H,97,119)(H,98,121)(H,99,120)(H,100,117)(H,101,126)(H,102,127)(H,103,125)(H,104,124)(H,105,118)(H,112,113)(H,114,115)(H,129,130)(H4,89,90,91)/t46-,53-,55-,56-,57-,58-,59-,60-,61-,62-,63-,64-,65-,66-,71-/m0/s1. The van der Waals surface area contributed by atoms with Crippen LogP contribution in [-0.2, 0) is 112 Å². The summed E-state index contributed by atoms with van der Waals surface area (Å²) in [6, 6.07) is 6.50. The number of hydrogen-bond acceptors (Lipinski definition) is 24. The van der Waals surface area contributed by atoms with Crippen molar-refractivity contribution in [3.63, 3.8) is 0 Å². The number of aliphatic carboxylic acids is 3. The van der Waals surface area contributed by atoms with Crippen molar-refractivity contribution in [2.45, 2.75) is 202 Å². The monoisotopic (exact) mass is 1850 g/mol. The lowest BCUT2D eigenvalue weighted by Gasteiger charge is -2.29. The van der Waals surface area contributed by atoms with Gasteiger partial charge in [-0.05, 0) is 103 Å². The number of hydrogen-bond donors (Lipinski definition) is 25. The lowest BCUT2D eigenvalue weighted by molar-refractivity contribution is -0.144. The number of rotatable bonds is 55. The number of nitrogens with zero attached hydrogens (tertiary/aromatic N) is 1. The number of aromatic amines is 1. The van der Waals surface area contributed by atoms with Gasteiger partial charge in [0.25, 0.3) is 0 Å². The number of likely N-dealkylation sites (tertiary alicyclic amines) is 1. The molecule has 1 aliphatic rings. The molecule has 15 amide bonds. The molecule has 0 radical (unpaired) electrons. The molecule has 1 aliphatic heterocycles. The second kappa shape index (κ2) is 53.2. The minimum Gasteiger partial charge on any atom is -0.508 e. The summed E-state index contributed by atoms with van der Waals surface area (Å²) in [5, 5.41) is 102. The fraction of sp³-hybridized carbons (Fsp3) is 0.477. The maximum atomic E-state index is 15.4. The third-order valence-corrected chi connectivity index (χ3v) is 21.9. The molecule has 6 rings (SSSR count). The first-order chi connectivity index (χ1) is 62.2. The molecular weight excluding hydrogens is 1730 g/mol. The van der Waals surface area contributed by atoms with Gasteiger partial charge in [-0.15, -0.1) is 0 Å². The van der Waals surface area contributed by atoms with Crippen LogP contribution in [0.1, 0.15) is 114 Å². The van der Waals surface area contributed by atoms with Crippen LogP contribution < -0.4 is 91.6 Å². The number of primary amides is 1. The highest BCUT2D eigenvalue weighted by Gasteiger charge is 2.42. The zero-order valence-corrected chi connectivity index (χ0v) is 73.8. The van der Waals surface area contributed by atoms with Crippen LogP contribution in [-0.4, -0.2) is 282 Å². The van der Waals surface area contributed by atoms with Crippen LogP contribution >= 0.6 is 11.8 Å². The smallest absolute Gasteiger partial charge is 0.326 e. The van der Waals surface area contributed by atoms with Crippen molar-refractivity contribution < 1.29 is 117 Å². The highest BCUT2D eigenvalue weighted by Crippen LogP contribution is 2.23. The first kappa shape index (κ1) is 106. The number of carboxylic acids is 3. The summed E-state index contributed by atoms with van der Waals surface area (Å²) in [7, 11) is 0.